The lowest BCUT2D eigenvalue weighted by molar-refractivity contribution is 0.656. The molecule has 0 bridgehead atoms. The summed E-state index contributed by atoms with van der Waals surface area (Å²) < 4.78 is 0. The van der Waals surface area contributed by atoms with Gasteiger partial charge in [-0.3, -0.25) is 0 Å². The van der Waals surface area contributed by atoms with Gasteiger partial charge in [-0.25, -0.2) is 4.98 Å². The minimum absolute atomic E-state index is 0.492. The van der Waals surface area contributed by atoms with E-state index in [1.54, 1.807) is 47.0 Å². The molecule has 21 nitrogen and oxygen atoms in total. The van der Waals surface area contributed by atoms with Crippen LogP contribution in [0.25, 0.3) is 0 Å². The van der Waals surface area contributed by atoms with Crippen molar-refractivity contribution >= 4 is 88.7 Å². The Balaban J connectivity index is 1.32. The van der Waals surface area contributed by atoms with E-state index in [1.165, 1.54) is 25.7 Å². The van der Waals surface area contributed by atoms with Crippen LogP contribution in [-0.4, -0.2) is 142 Å². The molecule has 0 aliphatic rings. The second-order valence-corrected chi connectivity index (χ2v) is 19.4. The number of rotatable bonds is 40. The van der Waals surface area contributed by atoms with Gasteiger partial charge in [-0.05, 0) is 25.7 Å². The number of nitrogens with zero attached hydrogens (tertiary/aromatic N) is 12. The van der Waals surface area contributed by atoms with Crippen molar-refractivity contribution in [1.29, 1.82) is 0 Å². The molecule has 25 heteroatoms. The molecule has 4 rings (SSSR count). The molecule has 4 aromatic heterocycles. The third-order valence-electron chi connectivity index (χ3n) is 9.32. The molecule has 0 fully saturated rings. The molecular formula is C42H75N21S4. The largest absolute Gasteiger partial charge is 0.357 e. The number of anilines is 7. The van der Waals surface area contributed by atoms with Crippen LogP contribution in [0.5, 0.6) is 0 Å². The summed E-state index contributed by atoms with van der Waals surface area (Å²) in [6.45, 7) is 13.8. The van der Waals surface area contributed by atoms with Gasteiger partial charge >= 0.3 is 0 Å². The fourth-order valence-corrected chi connectivity index (χ4v) is 9.15. The average molecular weight is 1000 g/mol. The maximum Gasteiger partial charge on any atom is 0.228 e. The molecule has 0 unspecified atom stereocenters. The Morgan fingerprint density at radius 1 is 0.358 bits per heavy atom. The minimum atomic E-state index is 0.492. The summed E-state index contributed by atoms with van der Waals surface area (Å²) >= 11 is 6.59. The first-order valence-electron chi connectivity index (χ1n) is 24.0. The molecule has 0 spiro atoms. The Morgan fingerprint density at radius 3 is 1.03 bits per heavy atom. The number of thioether (sulfide) groups is 4. The van der Waals surface area contributed by atoms with Gasteiger partial charge in [-0.15, -0.1) is 0 Å². The van der Waals surface area contributed by atoms with Crippen molar-refractivity contribution in [2.45, 2.75) is 132 Å². The highest BCUT2D eigenvalue weighted by molar-refractivity contribution is 7.99. The summed E-state index contributed by atoms with van der Waals surface area (Å²) in [5.41, 5.74) is 5.71. The first kappa shape index (κ1) is 55.6. The summed E-state index contributed by atoms with van der Waals surface area (Å²) in [6.07, 6.45) is 13.8. The lowest BCUT2D eigenvalue weighted by Gasteiger charge is -2.12. The van der Waals surface area contributed by atoms with E-state index in [-0.39, 0.29) is 0 Å². The van der Waals surface area contributed by atoms with Gasteiger partial charge in [-0.1, -0.05) is 126 Å². The normalized spacial score (nSPS) is 11.1. The predicted octanol–water partition coefficient (Wildman–Crippen LogP) is 7.22. The second kappa shape index (κ2) is 35.1. The van der Waals surface area contributed by atoms with Crippen LogP contribution in [0.1, 0.15) is 111 Å². The Kier molecular flexibility index (Phi) is 29.1. The van der Waals surface area contributed by atoms with Crippen LogP contribution in [0.15, 0.2) is 20.6 Å². The van der Waals surface area contributed by atoms with Crippen LogP contribution < -0.4 is 48.3 Å². The fourth-order valence-electron chi connectivity index (χ4n) is 5.80. The molecule has 0 saturated heterocycles. The van der Waals surface area contributed by atoms with Crippen LogP contribution in [-0.2, 0) is 6.54 Å². The van der Waals surface area contributed by atoms with E-state index >= 15 is 0 Å². The zero-order valence-corrected chi connectivity index (χ0v) is 43.5. The van der Waals surface area contributed by atoms with Gasteiger partial charge < -0.3 is 48.3 Å². The molecular weight excluding hydrogens is 927 g/mol. The highest BCUT2D eigenvalue weighted by atomic mass is 32.2. The van der Waals surface area contributed by atoms with E-state index in [4.69, 9.17) is 40.6 Å². The standard InChI is InChI=1S/C42H75N21S4/c1-6-10-14-26-64-39-53-31(52-33(58-39)46-19-18-43)30-45-20-21-47-35-55-36(61-41(60-35)66-28-16-12-8-3)50-24-25-51-38-56-37(62-42(63-38)67-29-17-13-9-4)49-23-22-48-34-54-32(44-5)57-40(59-34)65-27-15-11-7-2/h45H,6-30,43H2,1-5H3,(H,46,52,53,58)(H2,44,48,54,57,59)(H2,47,50,55,60,61)(H2,49,51,56,62,63). The number of nitrogens with one attached hydrogen (secondary N) is 8. The molecule has 0 saturated carbocycles. The first-order valence-corrected chi connectivity index (χ1v) is 27.9. The lowest BCUT2D eigenvalue weighted by atomic mass is 10.3. The van der Waals surface area contributed by atoms with E-state index in [9.17, 15) is 0 Å². The molecule has 0 aliphatic heterocycles. The fraction of sp³-hybridized carbons (Fsp3) is 0.714. The van der Waals surface area contributed by atoms with Crippen LogP contribution in [0, 0.1) is 0 Å². The second-order valence-electron chi connectivity index (χ2n) is 15.2. The quantitative estimate of drug-likeness (QED) is 0.0157. The van der Waals surface area contributed by atoms with Crippen molar-refractivity contribution in [2.24, 2.45) is 5.73 Å². The van der Waals surface area contributed by atoms with Crippen molar-refractivity contribution in [2.75, 3.05) is 120 Å². The van der Waals surface area contributed by atoms with Crippen LogP contribution >= 0.6 is 47.0 Å². The zero-order valence-electron chi connectivity index (χ0n) is 40.3. The maximum absolute atomic E-state index is 5.71. The Morgan fingerprint density at radius 2 is 0.672 bits per heavy atom. The minimum Gasteiger partial charge on any atom is -0.357 e. The Hall–Kier alpha value is -4.04. The molecule has 0 amide bonds. The van der Waals surface area contributed by atoms with Crippen molar-refractivity contribution in [1.82, 2.24) is 65.1 Å². The average Bonchev–Trinajstić information content (AvgIpc) is 3.34. The van der Waals surface area contributed by atoms with E-state index in [0.29, 0.717) is 122 Å². The van der Waals surface area contributed by atoms with E-state index < -0.39 is 0 Å². The Labute approximate surface area is 414 Å². The number of hydrogen-bond acceptors (Lipinski definition) is 25. The first-order chi connectivity index (χ1) is 32.9. The molecule has 10 N–H and O–H groups in total. The highest BCUT2D eigenvalue weighted by Gasteiger charge is 2.12. The molecule has 67 heavy (non-hydrogen) atoms. The maximum atomic E-state index is 5.71. The van der Waals surface area contributed by atoms with Gasteiger partial charge in [0.05, 0.1) is 6.54 Å². The summed E-state index contributed by atoms with van der Waals surface area (Å²) in [6, 6.07) is 0. The summed E-state index contributed by atoms with van der Waals surface area (Å²) in [5, 5.41) is 29.3. The lowest BCUT2D eigenvalue weighted by Crippen LogP contribution is -2.24. The van der Waals surface area contributed by atoms with E-state index in [2.05, 4.69) is 95.1 Å². The Bertz CT molecular complexity index is 1940. The van der Waals surface area contributed by atoms with Gasteiger partial charge in [0.25, 0.3) is 0 Å². The number of nitrogens with two attached hydrogens (primary N) is 1. The van der Waals surface area contributed by atoms with Gasteiger partial charge in [0.1, 0.15) is 5.82 Å². The van der Waals surface area contributed by atoms with Crippen molar-refractivity contribution < 1.29 is 0 Å². The van der Waals surface area contributed by atoms with Crippen LogP contribution in [0.2, 0.25) is 0 Å². The van der Waals surface area contributed by atoms with Gasteiger partial charge in [0.2, 0.25) is 41.6 Å². The molecule has 0 aliphatic carbocycles. The number of unbranched alkanes of at least 4 members (excludes halogenated alkanes) is 8. The topological polar surface area (TPSA) is 277 Å². The molecule has 4 heterocycles. The van der Waals surface area contributed by atoms with Crippen molar-refractivity contribution in [3.05, 3.63) is 5.82 Å². The van der Waals surface area contributed by atoms with Crippen LogP contribution in [0.4, 0.5) is 41.6 Å². The van der Waals surface area contributed by atoms with E-state index in [0.717, 1.165) is 79.5 Å². The molecule has 0 atom stereocenters. The number of aromatic nitrogens is 12. The third-order valence-corrected chi connectivity index (χ3v) is 13.1. The number of hydrogen-bond donors (Lipinski definition) is 9. The van der Waals surface area contributed by atoms with E-state index in [1.807, 2.05) is 7.05 Å². The predicted molar refractivity (Wildman–Crippen MR) is 282 cm³/mol. The van der Waals surface area contributed by atoms with Crippen molar-refractivity contribution in [3.8, 4) is 0 Å². The summed E-state index contributed by atoms with van der Waals surface area (Å²) in [5.74, 6) is 8.11. The van der Waals surface area contributed by atoms with Crippen molar-refractivity contribution in [3.63, 3.8) is 0 Å². The third kappa shape index (κ3) is 24.2. The van der Waals surface area contributed by atoms with Gasteiger partial charge in [0, 0.05) is 82.4 Å². The van der Waals surface area contributed by atoms with Crippen LogP contribution in [0.3, 0.4) is 0 Å². The zero-order chi connectivity index (χ0) is 47.6. The van der Waals surface area contributed by atoms with Gasteiger partial charge in [-0.2, -0.15) is 54.8 Å². The monoisotopic (exact) mass is 1000 g/mol. The SMILES string of the molecule is CCCCCSc1nc(CNCCNc2nc(NCCNc3nc(NCCNc4nc(NC)nc(SCCCCC)n4)nc(SCCCCC)n3)nc(SCCCCC)n2)nc(NCCN)n1. The highest BCUT2D eigenvalue weighted by Crippen LogP contribution is 2.22. The molecule has 0 aromatic carbocycles. The molecule has 372 valence electrons. The summed E-state index contributed by atoms with van der Waals surface area (Å²) in [7, 11) is 1.81. The molecule has 0 radical (unpaired) electrons. The smallest absolute Gasteiger partial charge is 0.228 e. The summed E-state index contributed by atoms with van der Waals surface area (Å²) in [4.78, 5) is 55.8. The van der Waals surface area contributed by atoms with Gasteiger partial charge in [0.15, 0.2) is 20.6 Å². The molecule has 4 aromatic rings.